The van der Waals surface area contributed by atoms with Crippen molar-refractivity contribution in [3.05, 3.63) is 42.4 Å². The van der Waals surface area contributed by atoms with Crippen LogP contribution in [-0.4, -0.2) is 95.6 Å². The number of hydrogen-bond acceptors (Lipinski definition) is 8. The Balaban J connectivity index is 1.26. The Morgan fingerprint density at radius 1 is 1.09 bits per heavy atom. The second kappa shape index (κ2) is 11.7. The number of rotatable bonds is 9. The number of pyridine rings is 1. The molecule has 2 atom stereocenters. The molecule has 1 saturated heterocycles. The van der Waals surface area contributed by atoms with Crippen LogP contribution >= 0.6 is 11.9 Å². The molecule has 2 unspecified atom stereocenters. The number of hydrogen-bond donors (Lipinski definition) is 1. The number of nitrogens with one attached hydrogen (secondary N) is 1. The number of anilines is 1. The molecule has 9 nitrogen and oxygen atoms in total. The molecular formula is C23H30N6O3S3. The number of para-hydroxylation sites is 2. The van der Waals surface area contributed by atoms with Crippen molar-refractivity contribution in [2.24, 2.45) is 0 Å². The number of imidazole rings is 1. The largest absolute Gasteiger partial charge is 0.322 e. The minimum absolute atomic E-state index is 0.218. The summed E-state index contributed by atoms with van der Waals surface area (Å²) < 4.78 is 26.6. The maximum atomic E-state index is 12.8. The van der Waals surface area contributed by atoms with Gasteiger partial charge in [0.05, 0.1) is 49.8 Å². The average Bonchev–Trinajstić information content (AvgIpc) is 3.24. The lowest BCUT2D eigenvalue weighted by Crippen LogP contribution is -2.49. The van der Waals surface area contributed by atoms with E-state index in [1.807, 2.05) is 24.5 Å². The first-order valence-electron chi connectivity index (χ1n) is 11.3. The number of piperazine rings is 1. The maximum Gasteiger partial charge on any atom is 0.238 e. The summed E-state index contributed by atoms with van der Waals surface area (Å²) in [6.07, 6.45) is 4.92. The normalized spacial score (nSPS) is 16.9. The molecule has 1 aliphatic heterocycles. The number of aromatic nitrogens is 3. The van der Waals surface area contributed by atoms with E-state index in [-0.39, 0.29) is 17.5 Å². The van der Waals surface area contributed by atoms with Crippen molar-refractivity contribution in [2.45, 2.75) is 16.8 Å². The van der Waals surface area contributed by atoms with E-state index in [1.54, 1.807) is 31.2 Å². The van der Waals surface area contributed by atoms with Gasteiger partial charge in [-0.05, 0) is 37.1 Å². The van der Waals surface area contributed by atoms with E-state index in [0.717, 1.165) is 49.5 Å². The molecule has 4 rings (SSSR count). The maximum absolute atomic E-state index is 12.8. The highest BCUT2D eigenvalue weighted by Crippen LogP contribution is 2.26. The van der Waals surface area contributed by atoms with Gasteiger partial charge < -0.3 is 5.32 Å². The number of benzene rings is 1. The summed E-state index contributed by atoms with van der Waals surface area (Å²) in [6.45, 7) is 6.30. The van der Waals surface area contributed by atoms with Crippen molar-refractivity contribution < 1.29 is 13.2 Å². The minimum Gasteiger partial charge on any atom is -0.322 e. The van der Waals surface area contributed by atoms with Crippen molar-refractivity contribution in [1.82, 2.24) is 23.7 Å². The van der Waals surface area contributed by atoms with Crippen LogP contribution in [0.2, 0.25) is 0 Å². The van der Waals surface area contributed by atoms with Crippen LogP contribution in [0.3, 0.4) is 0 Å². The summed E-state index contributed by atoms with van der Waals surface area (Å²) in [7, 11) is -2.76. The van der Waals surface area contributed by atoms with Gasteiger partial charge in [-0.3, -0.25) is 27.0 Å². The third kappa shape index (κ3) is 6.56. The van der Waals surface area contributed by atoms with Crippen molar-refractivity contribution in [3.63, 3.8) is 0 Å². The van der Waals surface area contributed by atoms with Crippen LogP contribution in [0.25, 0.3) is 11.0 Å². The van der Waals surface area contributed by atoms with Crippen molar-refractivity contribution in [3.8, 4) is 0 Å². The number of amides is 1. The molecule has 0 bridgehead atoms. The Hall–Kier alpha value is -2.12. The van der Waals surface area contributed by atoms with Gasteiger partial charge in [0, 0.05) is 56.7 Å². The molecule has 1 amide bonds. The van der Waals surface area contributed by atoms with Crippen LogP contribution in [0.15, 0.2) is 46.6 Å². The van der Waals surface area contributed by atoms with Gasteiger partial charge in [-0.2, -0.15) is 0 Å². The SMILES string of the molecule is Cc1cc(S(C)=O)c(NC(=O)CN2CCN(CCSn3cnc4ccccc43)CC2)c(S(C)=O)n1. The molecule has 12 heteroatoms. The van der Waals surface area contributed by atoms with E-state index >= 15 is 0 Å². The van der Waals surface area contributed by atoms with Gasteiger partial charge in [0.2, 0.25) is 5.91 Å². The molecular weight excluding hydrogens is 504 g/mol. The molecule has 2 aromatic heterocycles. The van der Waals surface area contributed by atoms with Crippen molar-refractivity contribution in [2.75, 3.05) is 62.8 Å². The number of carbonyl (C=O) groups excluding carboxylic acids is 1. The first-order valence-corrected chi connectivity index (χ1v) is 15.4. The monoisotopic (exact) mass is 534 g/mol. The predicted molar refractivity (Wildman–Crippen MR) is 143 cm³/mol. The van der Waals surface area contributed by atoms with E-state index in [9.17, 15) is 13.2 Å². The zero-order valence-corrected chi connectivity index (χ0v) is 22.5. The number of carbonyl (C=O) groups is 1. The summed E-state index contributed by atoms with van der Waals surface area (Å²) in [6, 6.07) is 9.79. The van der Waals surface area contributed by atoms with Crippen LogP contribution < -0.4 is 5.32 Å². The molecule has 188 valence electrons. The molecule has 3 aromatic rings. The van der Waals surface area contributed by atoms with Crippen LogP contribution in [-0.2, 0) is 26.4 Å². The first kappa shape index (κ1) is 26.0. The third-order valence-corrected chi connectivity index (χ3v) is 8.53. The highest BCUT2D eigenvalue weighted by atomic mass is 32.2. The van der Waals surface area contributed by atoms with E-state index in [4.69, 9.17) is 0 Å². The summed E-state index contributed by atoms with van der Waals surface area (Å²) in [5.41, 5.74) is 3.06. The molecule has 1 aromatic carbocycles. The van der Waals surface area contributed by atoms with E-state index in [0.29, 0.717) is 16.3 Å². The smallest absolute Gasteiger partial charge is 0.238 e. The van der Waals surface area contributed by atoms with Gasteiger partial charge in [0.1, 0.15) is 6.33 Å². The Bertz CT molecular complexity index is 1220. The van der Waals surface area contributed by atoms with Crippen molar-refractivity contribution >= 4 is 56.2 Å². The van der Waals surface area contributed by atoms with Crippen LogP contribution in [0.4, 0.5) is 5.69 Å². The van der Waals surface area contributed by atoms with Gasteiger partial charge in [-0.25, -0.2) is 9.97 Å². The number of nitrogens with zero attached hydrogens (tertiary/aromatic N) is 5. The molecule has 0 radical (unpaired) electrons. The average molecular weight is 535 g/mol. The molecule has 3 heterocycles. The fourth-order valence-corrected chi connectivity index (χ4v) is 6.53. The highest BCUT2D eigenvalue weighted by Gasteiger charge is 2.22. The quantitative estimate of drug-likeness (QED) is 0.445. The summed E-state index contributed by atoms with van der Waals surface area (Å²) >= 11 is 1.75. The summed E-state index contributed by atoms with van der Waals surface area (Å²) in [4.78, 5) is 26.5. The molecule has 1 fully saturated rings. The standard InChI is InChI=1S/C23H30N6O3S3/c1-17-14-20(34(2)31)22(23(25-17)35(3)32)26-21(30)15-28-10-8-27(9-11-28)12-13-33-29-16-24-18-6-4-5-7-19(18)29/h4-7,14,16H,8-13,15H2,1-3H3,(H,26,30). The lowest BCUT2D eigenvalue weighted by molar-refractivity contribution is -0.117. The third-order valence-electron chi connectivity index (χ3n) is 5.82. The minimum atomic E-state index is -1.42. The lowest BCUT2D eigenvalue weighted by Gasteiger charge is -2.34. The van der Waals surface area contributed by atoms with E-state index in [2.05, 4.69) is 35.1 Å². The zero-order valence-electron chi connectivity index (χ0n) is 20.1. The van der Waals surface area contributed by atoms with Gasteiger partial charge in [-0.1, -0.05) is 12.1 Å². The molecule has 1 N–H and O–H groups in total. The summed E-state index contributed by atoms with van der Waals surface area (Å²) in [5.74, 6) is 0.736. The number of aryl methyl sites for hydroxylation is 1. The predicted octanol–water partition coefficient (Wildman–Crippen LogP) is 1.97. The van der Waals surface area contributed by atoms with Crippen molar-refractivity contribution in [1.29, 1.82) is 0 Å². The fourth-order valence-electron chi connectivity index (χ4n) is 4.03. The van der Waals surface area contributed by atoms with Gasteiger partial charge in [0.15, 0.2) is 5.03 Å². The molecule has 1 aliphatic rings. The number of fused-ring (bicyclic) bond motifs is 1. The van der Waals surface area contributed by atoms with Gasteiger partial charge in [0.25, 0.3) is 0 Å². The topological polar surface area (TPSA) is 100 Å². The Morgan fingerprint density at radius 2 is 1.80 bits per heavy atom. The lowest BCUT2D eigenvalue weighted by atomic mass is 10.3. The first-order chi connectivity index (χ1) is 16.8. The second-order valence-electron chi connectivity index (χ2n) is 8.41. The van der Waals surface area contributed by atoms with Crippen LogP contribution in [0.1, 0.15) is 5.69 Å². The Kier molecular flexibility index (Phi) is 8.71. The highest BCUT2D eigenvalue weighted by molar-refractivity contribution is 7.98. The van der Waals surface area contributed by atoms with Crippen LogP contribution in [0, 0.1) is 6.92 Å². The second-order valence-corrected chi connectivity index (χ2v) is 12.1. The molecule has 35 heavy (non-hydrogen) atoms. The Morgan fingerprint density at radius 3 is 2.51 bits per heavy atom. The summed E-state index contributed by atoms with van der Waals surface area (Å²) in [5, 5.41) is 3.10. The van der Waals surface area contributed by atoms with E-state index < -0.39 is 21.6 Å². The van der Waals surface area contributed by atoms with Gasteiger partial charge >= 0.3 is 0 Å². The van der Waals surface area contributed by atoms with Gasteiger partial charge in [-0.15, -0.1) is 0 Å². The molecule has 0 saturated carbocycles. The fraction of sp³-hybridized carbons (Fsp3) is 0.435. The Labute approximate surface area is 214 Å². The van der Waals surface area contributed by atoms with E-state index in [1.165, 1.54) is 6.26 Å². The molecule has 0 spiro atoms. The van der Waals surface area contributed by atoms with Crippen LogP contribution in [0.5, 0.6) is 0 Å². The molecule has 0 aliphatic carbocycles. The zero-order chi connectivity index (χ0) is 24.9.